The summed E-state index contributed by atoms with van der Waals surface area (Å²) in [6.07, 6.45) is 3.27. The smallest absolute Gasteiger partial charge is 0.265 e. The SMILES string of the molecule is O=C(CN1C(=O)COc2cc(Br)ccc21)NCCNc1ncccn1. The van der Waals surface area contributed by atoms with Crippen molar-refractivity contribution in [2.45, 2.75) is 0 Å². The highest BCUT2D eigenvalue weighted by Crippen LogP contribution is 2.34. The van der Waals surface area contributed by atoms with Gasteiger partial charge in [0, 0.05) is 30.0 Å². The molecule has 3 rings (SSSR count). The van der Waals surface area contributed by atoms with Crippen molar-refractivity contribution in [3.8, 4) is 5.75 Å². The van der Waals surface area contributed by atoms with Crippen molar-refractivity contribution in [3.63, 3.8) is 0 Å². The van der Waals surface area contributed by atoms with E-state index in [4.69, 9.17) is 4.74 Å². The fraction of sp³-hybridized carbons (Fsp3) is 0.250. The minimum Gasteiger partial charge on any atom is -0.482 e. The fourth-order valence-corrected chi connectivity index (χ4v) is 2.66. The van der Waals surface area contributed by atoms with Crippen molar-refractivity contribution in [1.82, 2.24) is 15.3 Å². The molecule has 2 aromatic rings. The molecule has 0 saturated carbocycles. The van der Waals surface area contributed by atoms with E-state index in [0.717, 1.165) is 4.47 Å². The highest BCUT2D eigenvalue weighted by atomic mass is 79.9. The van der Waals surface area contributed by atoms with Gasteiger partial charge in [-0.2, -0.15) is 0 Å². The molecule has 0 unspecified atom stereocenters. The summed E-state index contributed by atoms with van der Waals surface area (Å²) in [6.45, 7) is 0.738. The summed E-state index contributed by atoms with van der Waals surface area (Å²) in [5, 5.41) is 5.75. The van der Waals surface area contributed by atoms with Gasteiger partial charge >= 0.3 is 0 Å². The Hall–Kier alpha value is -2.68. The van der Waals surface area contributed by atoms with E-state index in [0.29, 0.717) is 30.5 Å². The van der Waals surface area contributed by atoms with Crippen LogP contribution in [0.5, 0.6) is 5.75 Å². The van der Waals surface area contributed by atoms with Crippen molar-refractivity contribution >= 4 is 39.4 Å². The van der Waals surface area contributed by atoms with Crippen LogP contribution in [0.1, 0.15) is 0 Å². The number of rotatable bonds is 6. The number of ether oxygens (including phenoxy) is 1. The summed E-state index contributed by atoms with van der Waals surface area (Å²) in [7, 11) is 0. The summed E-state index contributed by atoms with van der Waals surface area (Å²) in [5.41, 5.74) is 0.588. The van der Waals surface area contributed by atoms with Gasteiger partial charge < -0.3 is 15.4 Å². The molecular weight excluding hydrogens is 390 g/mol. The third-order valence-corrected chi connectivity index (χ3v) is 3.96. The monoisotopic (exact) mass is 405 g/mol. The van der Waals surface area contributed by atoms with Crippen LogP contribution in [0.2, 0.25) is 0 Å². The van der Waals surface area contributed by atoms with Crippen LogP contribution in [0.15, 0.2) is 41.1 Å². The number of hydrogen-bond donors (Lipinski definition) is 2. The fourth-order valence-electron chi connectivity index (χ4n) is 2.32. The van der Waals surface area contributed by atoms with Crippen LogP contribution < -0.4 is 20.3 Å². The molecule has 0 radical (unpaired) electrons. The van der Waals surface area contributed by atoms with Gasteiger partial charge in [-0.3, -0.25) is 14.5 Å². The van der Waals surface area contributed by atoms with Gasteiger partial charge in [0.15, 0.2) is 6.61 Å². The molecule has 0 bridgehead atoms. The zero-order valence-electron chi connectivity index (χ0n) is 13.2. The number of carbonyl (C=O) groups excluding carboxylic acids is 2. The van der Waals surface area contributed by atoms with E-state index < -0.39 is 0 Å². The van der Waals surface area contributed by atoms with Crippen molar-refractivity contribution in [2.75, 3.05) is 36.5 Å². The van der Waals surface area contributed by atoms with Crippen molar-refractivity contribution in [1.29, 1.82) is 0 Å². The molecule has 130 valence electrons. The topological polar surface area (TPSA) is 96.5 Å². The maximum absolute atomic E-state index is 12.1. The Labute approximate surface area is 152 Å². The Bertz CT molecular complexity index is 772. The van der Waals surface area contributed by atoms with Crippen LogP contribution in [0, 0.1) is 0 Å². The molecule has 8 nitrogen and oxygen atoms in total. The average Bonchev–Trinajstić information content (AvgIpc) is 2.62. The first-order valence-electron chi connectivity index (χ1n) is 7.64. The molecule has 0 saturated heterocycles. The third-order valence-electron chi connectivity index (χ3n) is 3.46. The number of halogens is 1. The molecule has 1 aliphatic rings. The van der Waals surface area contributed by atoms with Crippen LogP contribution >= 0.6 is 15.9 Å². The molecule has 25 heavy (non-hydrogen) atoms. The first-order valence-corrected chi connectivity index (χ1v) is 8.43. The number of hydrogen-bond acceptors (Lipinski definition) is 6. The molecule has 1 aromatic heterocycles. The van der Waals surface area contributed by atoms with Gasteiger partial charge in [-0.15, -0.1) is 0 Å². The summed E-state index contributed by atoms with van der Waals surface area (Å²) >= 11 is 3.36. The number of benzene rings is 1. The van der Waals surface area contributed by atoms with E-state index in [2.05, 4.69) is 36.5 Å². The predicted octanol–water partition coefficient (Wildman–Crippen LogP) is 1.19. The summed E-state index contributed by atoms with van der Waals surface area (Å²) in [6, 6.07) is 7.05. The van der Waals surface area contributed by atoms with Crippen LogP contribution in [0.3, 0.4) is 0 Å². The van der Waals surface area contributed by atoms with Gasteiger partial charge in [0.05, 0.1) is 5.69 Å². The van der Waals surface area contributed by atoms with Crippen molar-refractivity contribution < 1.29 is 14.3 Å². The minimum absolute atomic E-state index is 0.0569. The Morgan fingerprint density at radius 3 is 2.88 bits per heavy atom. The second-order valence-corrected chi connectivity index (χ2v) is 6.15. The second kappa shape index (κ2) is 7.93. The van der Waals surface area contributed by atoms with E-state index in [1.165, 1.54) is 4.90 Å². The molecule has 0 spiro atoms. The summed E-state index contributed by atoms with van der Waals surface area (Å²) in [4.78, 5) is 33.7. The number of nitrogens with one attached hydrogen (secondary N) is 2. The molecule has 2 heterocycles. The number of amides is 2. The Morgan fingerprint density at radius 1 is 1.28 bits per heavy atom. The van der Waals surface area contributed by atoms with Crippen LogP contribution in [-0.2, 0) is 9.59 Å². The lowest BCUT2D eigenvalue weighted by molar-refractivity contribution is -0.125. The first kappa shape index (κ1) is 17.2. The van der Waals surface area contributed by atoms with Crippen LogP contribution in [0.4, 0.5) is 11.6 Å². The molecule has 0 aliphatic carbocycles. The van der Waals surface area contributed by atoms with Gasteiger partial charge in [-0.25, -0.2) is 9.97 Å². The average molecular weight is 406 g/mol. The van der Waals surface area contributed by atoms with Gasteiger partial charge in [-0.1, -0.05) is 15.9 Å². The molecule has 2 N–H and O–H groups in total. The molecule has 2 amide bonds. The number of aromatic nitrogens is 2. The Kier molecular flexibility index (Phi) is 5.44. The molecule has 0 fully saturated rings. The van der Waals surface area contributed by atoms with Gasteiger partial charge in [-0.05, 0) is 24.3 Å². The number of nitrogens with zero attached hydrogens (tertiary/aromatic N) is 3. The molecule has 1 aromatic carbocycles. The minimum atomic E-state index is -0.250. The number of fused-ring (bicyclic) bond motifs is 1. The number of carbonyl (C=O) groups is 2. The van der Waals surface area contributed by atoms with E-state index >= 15 is 0 Å². The Morgan fingerprint density at radius 2 is 2.08 bits per heavy atom. The lowest BCUT2D eigenvalue weighted by Crippen LogP contribution is -2.45. The third kappa shape index (κ3) is 4.44. The van der Waals surface area contributed by atoms with E-state index in [1.54, 1.807) is 36.7 Å². The van der Waals surface area contributed by atoms with E-state index in [1.807, 2.05) is 0 Å². The largest absolute Gasteiger partial charge is 0.482 e. The molecule has 9 heteroatoms. The van der Waals surface area contributed by atoms with Gasteiger partial charge in [0.2, 0.25) is 11.9 Å². The van der Waals surface area contributed by atoms with E-state index in [-0.39, 0.29) is 25.0 Å². The highest BCUT2D eigenvalue weighted by molar-refractivity contribution is 9.10. The zero-order chi connectivity index (χ0) is 17.6. The quantitative estimate of drug-likeness (QED) is 0.700. The Balaban J connectivity index is 1.52. The number of anilines is 2. The summed E-state index contributed by atoms with van der Waals surface area (Å²) in [5.74, 6) is 0.574. The molecule has 0 atom stereocenters. The van der Waals surface area contributed by atoms with Gasteiger partial charge in [0.25, 0.3) is 5.91 Å². The standard InChI is InChI=1S/C16H16BrN5O3/c17-11-2-3-12-13(8-11)25-10-15(24)22(12)9-14(23)18-6-7-21-16-19-4-1-5-20-16/h1-5,8H,6-7,9-10H2,(H,18,23)(H,19,20,21). The van der Waals surface area contributed by atoms with E-state index in [9.17, 15) is 9.59 Å². The molecule has 1 aliphatic heterocycles. The van der Waals surface area contributed by atoms with Crippen LogP contribution in [0.25, 0.3) is 0 Å². The zero-order valence-corrected chi connectivity index (χ0v) is 14.8. The maximum Gasteiger partial charge on any atom is 0.265 e. The lowest BCUT2D eigenvalue weighted by atomic mass is 10.2. The first-order chi connectivity index (χ1) is 12.1. The highest BCUT2D eigenvalue weighted by Gasteiger charge is 2.27. The normalized spacial score (nSPS) is 13.0. The predicted molar refractivity (Wildman–Crippen MR) is 95.5 cm³/mol. The second-order valence-electron chi connectivity index (χ2n) is 5.23. The van der Waals surface area contributed by atoms with Crippen LogP contribution in [-0.4, -0.2) is 48.0 Å². The van der Waals surface area contributed by atoms with Gasteiger partial charge in [0.1, 0.15) is 12.3 Å². The van der Waals surface area contributed by atoms with Crippen molar-refractivity contribution in [2.24, 2.45) is 0 Å². The maximum atomic E-state index is 12.1. The lowest BCUT2D eigenvalue weighted by Gasteiger charge is -2.29. The van der Waals surface area contributed by atoms with Crippen molar-refractivity contribution in [3.05, 3.63) is 41.1 Å². The molecular formula is C16H16BrN5O3. The summed E-state index contributed by atoms with van der Waals surface area (Å²) < 4.78 is 6.25.